The number of H-pyrrole nitrogens is 1. The Morgan fingerprint density at radius 1 is 1.13 bits per heavy atom. The molecular formula is C36H37ClFN7O2. The van der Waals surface area contributed by atoms with Crippen molar-refractivity contribution in [2.75, 3.05) is 42.7 Å². The Labute approximate surface area is 278 Å². The third-order valence-corrected chi connectivity index (χ3v) is 8.72. The van der Waals surface area contributed by atoms with E-state index in [1.54, 1.807) is 30.5 Å². The maximum absolute atomic E-state index is 14.1. The lowest BCUT2D eigenvalue weighted by Crippen LogP contribution is -2.33. The molecule has 3 heterocycles. The summed E-state index contributed by atoms with van der Waals surface area (Å²) in [5, 5.41) is 6.52. The molecule has 242 valence electrons. The number of anilines is 3. The van der Waals surface area contributed by atoms with Crippen LogP contribution in [-0.2, 0) is 13.2 Å². The number of carbonyl (C=O) groups is 1. The molecule has 11 heteroatoms. The number of hydrogen-bond acceptors (Lipinski definition) is 7. The van der Waals surface area contributed by atoms with Crippen LogP contribution in [0, 0.1) is 5.82 Å². The first-order chi connectivity index (χ1) is 22.8. The number of aromatic nitrogens is 3. The van der Waals surface area contributed by atoms with Gasteiger partial charge in [0.05, 0.1) is 29.0 Å². The Morgan fingerprint density at radius 2 is 1.96 bits per heavy atom. The van der Waals surface area contributed by atoms with Gasteiger partial charge in [-0.05, 0) is 86.7 Å². The fourth-order valence-electron chi connectivity index (χ4n) is 5.82. The monoisotopic (exact) mass is 653 g/mol. The molecule has 1 aliphatic heterocycles. The molecule has 2 aromatic heterocycles. The molecule has 0 aliphatic carbocycles. The number of halogens is 2. The number of benzene rings is 3. The van der Waals surface area contributed by atoms with E-state index in [1.807, 2.05) is 61.5 Å². The molecule has 1 fully saturated rings. The van der Waals surface area contributed by atoms with Crippen LogP contribution in [0.1, 0.15) is 46.2 Å². The number of aromatic amines is 1. The normalized spacial score (nSPS) is 13.8. The van der Waals surface area contributed by atoms with Crippen LogP contribution in [-0.4, -0.2) is 52.9 Å². The fourth-order valence-corrected chi connectivity index (χ4v) is 5.98. The molecule has 3 N–H and O–H groups in total. The summed E-state index contributed by atoms with van der Waals surface area (Å²) in [5.41, 5.74) is 6.12. The number of likely N-dealkylation sites (tertiary alicyclic amines) is 1. The summed E-state index contributed by atoms with van der Waals surface area (Å²) < 4.78 is 19.9. The van der Waals surface area contributed by atoms with Gasteiger partial charge in [0.15, 0.2) is 0 Å². The number of carbonyl (C=O) groups excluding carboxylic acids is 1. The van der Waals surface area contributed by atoms with E-state index < -0.39 is 5.82 Å². The predicted molar refractivity (Wildman–Crippen MR) is 186 cm³/mol. The van der Waals surface area contributed by atoms with Crippen LogP contribution in [0.15, 0.2) is 85.6 Å². The number of rotatable bonds is 11. The molecule has 1 aliphatic rings. The van der Waals surface area contributed by atoms with Crippen LogP contribution >= 0.6 is 11.6 Å². The minimum atomic E-state index is -0.394. The Balaban J connectivity index is 1.04. The van der Waals surface area contributed by atoms with E-state index in [1.165, 1.54) is 6.07 Å². The molecule has 0 spiro atoms. The molecule has 3 aromatic carbocycles. The second-order valence-electron chi connectivity index (χ2n) is 11.6. The van der Waals surface area contributed by atoms with Crippen LogP contribution in [0.2, 0.25) is 5.02 Å². The first-order valence-corrected chi connectivity index (χ1v) is 15.9. The summed E-state index contributed by atoms with van der Waals surface area (Å²) in [6.07, 6.45) is 3.62. The maximum atomic E-state index is 14.1. The highest BCUT2D eigenvalue weighted by Crippen LogP contribution is 2.30. The summed E-state index contributed by atoms with van der Waals surface area (Å²) in [5.74, 6) is 1.05. The van der Waals surface area contributed by atoms with Gasteiger partial charge in [0, 0.05) is 53.6 Å². The highest BCUT2D eigenvalue weighted by atomic mass is 35.5. The number of hydrogen-bond donors (Lipinski definition) is 3. The molecule has 0 unspecified atom stereocenters. The third-order valence-electron chi connectivity index (χ3n) is 8.49. The van der Waals surface area contributed by atoms with Gasteiger partial charge in [0.25, 0.3) is 5.91 Å². The van der Waals surface area contributed by atoms with Crippen LogP contribution in [0.25, 0.3) is 11.0 Å². The predicted octanol–water partition coefficient (Wildman–Crippen LogP) is 7.58. The quantitative estimate of drug-likeness (QED) is 0.135. The fraction of sp³-hybridized carbons (Fsp3) is 0.250. The largest absolute Gasteiger partial charge is 0.473 e. The first-order valence-electron chi connectivity index (χ1n) is 15.5. The summed E-state index contributed by atoms with van der Waals surface area (Å²) in [7, 11) is 3.76. The van der Waals surface area contributed by atoms with Crippen molar-refractivity contribution in [2.24, 2.45) is 0 Å². The summed E-state index contributed by atoms with van der Waals surface area (Å²) in [6, 6.07) is 21.5. The molecule has 0 atom stereocenters. The second kappa shape index (κ2) is 14.2. The molecule has 6 rings (SSSR count). The van der Waals surface area contributed by atoms with E-state index in [4.69, 9.17) is 26.3 Å². The van der Waals surface area contributed by atoms with Gasteiger partial charge in [-0.2, -0.15) is 0 Å². The van der Waals surface area contributed by atoms with Crippen molar-refractivity contribution < 1.29 is 13.9 Å². The number of pyridine rings is 1. The molecule has 5 aromatic rings. The Kier molecular flexibility index (Phi) is 9.70. The average molecular weight is 654 g/mol. The lowest BCUT2D eigenvalue weighted by molar-refractivity contribution is 0.102. The Morgan fingerprint density at radius 3 is 2.72 bits per heavy atom. The molecule has 1 saturated heterocycles. The smallest absolute Gasteiger partial charge is 0.255 e. The lowest BCUT2D eigenvalue weighted by Gasteiger charge is -2.31. The van der Waals surface area contributed by atoms with Crippen molar-refractivity contribution in [3.8, 4) is 5.88 Å². The van der Waals surface area contributed by atoms with Crippen molar-refractivity contribution in [1.29, 1.82) is 0 Å². The number of nitrogens with one attached hydrogen (secondary N) is 3. The number of nitrogens with zero attached hydrogens (tertiary/aromatic N) is 4. The highest BCUT2D eigenvalue weighted by molar-refractivity contribution is 6.30. The zero-order valence-corrected chi connectivity index (χ0v) is 27.1. The Hall–Kier alpha value is -4.93. The zero-order chi connectivity index (χ0) is 32.9. The number of fused-ring (bicyclic) bond motifs is 1. The SMILES string of the molecule is C=CN(C)c1cc(NC(=O)c2ccc3nc(CN4CCC(c5cccc(OCc6ccc(Cl)cc6F)n5)CC4)[nH]c3c2)ccc1NC. The molecule has 0 bridgehead atoms. The number of piperidine rings is 1. The average Bonchev–Trinajstić information content (AvgIpc) is 3.49. The van der Waals surface area contributed by atoms with Gasteiger partial charge in [-0.25, -0.2) is 14.4 Å². The molecule has 9 nitrogen and oxygen atoms in total. The zero-order valence-electron chi connectivity index (χ0n) is 26.4. The molecular weight excluding hydrogens is 617 g/mol. The molecule has 1 amide bonds. The van der Waals surface area contributed by atoms with Gasteiger partial charge in [-0.3, -0.25) is 9.69 Å². The van der Waals surface area contributed by atoms with Crippen molar-refractivity contribution >= 4 is 45.6 Å². The van der Waals surface area contributed by atoms with Crippen LogP contribution in [0.3, 0.4) is 0 Å². The van der Waals surface area contributed by atoms with Crippen LogP contribution in [0.5, 0.6) is 5.88 Å². The lowest BCUT2D eigenvalue weighted by atomic mass is 9.93. The van der Waals surface area contributed by atoms with E-state index in [-0.39, 0.29) is 12.5 Å². The summed E-state index contributed by atoms with van der Waals surface area (Å²) in [6.45, 7) is 6.40. The van der Waals surface area contributed by atoms with Gasteiger partial charge < -0.3 is 25.3 Å². The molecule has 0 saturated carbocycles. The van der Waals surface area contributed by atoms with Gasteiger partial charge in [0.2, 0.25) is 5.88 Å². The van der Waals surface area contributed by atoms with Crippen molar-refractivity contribution in [2.45, 2.75) is 31.9 Å². The second-order valence-corrected chi connectivity index (χ2v) is 12.1. The topological polar surface area (TPSA) is 98.4 Å². The molecule has 47 heavy (non-hydrogen) atoms. The Bertz CT molecular complexity index is 1900. The van der Waals surface area contributed by atoms with Gasteiger partial charge in [0.1, 0.15) is 18.2 Å². The van der Waals surface area contributed by atoms with Gasteiger partial charge in [-0.15, -0.1) is 0 Å². The highest BCUT2D eigenvalue weighted by Gasteiger charge is 2.23. The third kappa shape index (κ3) is 7.56. The van der Waals surface area contributed by atoms with Crippen LogP contribution < -0.4 is 20.3 Å². The van der Waals surface area contributed by atoms with Crippen molar-refractivity contribution in [1.82, 2.24) is 19.9 Å². The minimum Gasteiger partial charge on any atom is -0.473 e. The van der Waals surface area contributed by atoms with Crippen LogP contribution in [0.4, 0.5) is 21.5 Å². The summed E-state index contributed by atoms with van der Waals surface area (Å²) >= 11 is 5.85. The number of imidazole rings is 1. The summed E-state index contributed by atoms with van der Waals surface area (Å²) in [4.78, 5) is 30.3. The van der Waals surface area contributed by atoms with Gasteiger partial charge in [-0.1, -0.05) is 30.3 Å². The van der Waals surface area contributed by atoms with E-state index >= 15 is 0 Å². The van der Waals surface area contributed by atoms with Gasteiger partial charge >= 0.3 is 0 Å². The van der Waals surface area contributed by atoms with Crippen molar-refractivity contribution in [3.05, 3.63) is 119 Å². The number of ether oxygens (including phenoxy) is 1. The van der Waals surface area contributed by atoms with E-state index in [0.717, 1.165) is 59.9 Å². The standard InChI is InChI=1S/C36H37ClFN7O2/c1-4-44(3)33-20-27(11-13-31(33)39-2)40-36(46)24-9-12-30-32(18-24)42-34(41-30)21-45-16-14-23(15-17-45)29-6-5-7-35(43-29)47-22-25-8-10-26(37)19-28(25)38/h4-13,18-20,23,39H,1,14-17,21-22H2,2-3H3,(H,40,46)(H,41,42). The van der Waals surface area contributed by atoms with E-state index in [0.29, 0.717) is 40.2 Å². The molecule has 0 radical (unpaired) electrons. The maximum Gasteiger partial charge on any atom is 0.255 e. The van der Waals surface area contributed by atoms with E-state index in [2.05, 4.69) is 27.1 Å². The van der Waals surface area contributed by atoms with Crippen molar-refractivity contribution in [3.63, 3.8) is 0 Å². The minimum absolute atomic E-state index is 0.0844. The van der Waals surface area contributed by atoms with E-state index in [9.17, 15) is 9.18 Å². The first kappa shape index (κ1) is 32.0. The number of amides is 1.